The molecule has 0 saturated carbocycles. The van der Waals surface area contributed by atoms with E-state index >= 15 is 0 Å². The number of ether oxygens (including phenoxy) is 1. The van der Waals surface area contributed by atoms with Gasteiger partial charge in [0.25, 0.3) is 5.56 Å². The van der Waals surface area contributed by atoms with Gasteiger partial charge in [0.1, 0.15) is 6.23 Å². The number of aromatic amines is 1. The van der Waals surface area contributed by atoms with Crippen LogP contribution < -0.4 is 11.2 Å². The summed E-state index contributed by atoms with van der Waals surface area (Å²) in [5, 5.41) is 0. The fourth-order valence-electron chi connectivity index (χ4n) is 1.83. The molecular weight excluding hydrogens is 228 g/mol. The van der Waals surface area contributed by atoms with Gasteiger partial charge in [-0.25, -0.2) is 4.79 Å². The molecule has 1 fully saturated rings. The fourth-order valence-corrected chi connectivity index (χ4v) is 2.09. The van der Waals surface area contributed by atoms with Gasteiger partial charge in [0, 0.05) is 17.5 Å². The number of nitrogens with one attached hydrogen (secondary N) is 1. The number of H-pyrrole nitrogens is 1. The molecule has 0 bridgehead atoms. The van der Waals surface area contributed by atoms with Gasteiger partial charge in [-0.1, -0.05) is 0 Å². The molecule has 0 spiro atoms. The third kappa shape index (κ3) is 2.08. The maximum atomic E-state index is 11.6. The molecule has 0 unspecified atom stereocenters. The second-order valence-corrected chi connectivity index (χ2v) is 4.32. The largest absolute Gasteiger partial charge is 0.354 e. The minimum absolute atomic E-state index is 0.0902. The van der Waals surface area contributed by atoms with E-state index in [-0.39, 0.29) is 17.9 Å². The molecule has 1 aliphatic heterocycles. The molecule has 0 aliphatic carbocycles. The highest BCUT2D eigenvalue weighted by molar-refractivity contribution is 7.80. The summed E-state index contributed by atoms with van der Waals surface area (Å²) in [6.07, 6.45) is 3.02. The zero-order valence-corrected chi connectivity index (χ0v) is 9.87. The lowest BCUT2D eigenvalue weighted by atomic mass is 10.2. The molecule has 88 valence electrons. The average Bonchev–Trinajstić information content (AvgIpc) is 2.71. The van der Waals surface area contributed by atoms with Crippen LogP contribution in [0.25, 0.3) is 0 Å². The Hall–Kier alpha value is -1.01. The molecule has 16 heavy (non-hydrogen) atoms. The first-order valence-electron chi connectivity index (χ1n) is 5.20. The normalized spacial score (nSPS) is 24.9. The zero-order chi connectivity index (χ0) is 11.7. The topological polar surface area (TPSA) is 64.1 Å². The molecule has 1 aliphatic rings. The van der Waals surface area contributed by atoms with Crippen molar-refractivity contribution in [2.45, 2.75) is 32.1 Å². The molecular formula is C10H14N2O3S. The average molecular weight is 242 g/mol. The second kappa shape index (κ2) is 4.47. The van der Waals surface area contributed by atoms with Gasteiger partial charge in [0.15, 0.2) is 0 Å². The van der Waals surface area contributed by atoms with Crippen molar-refractivity contribution in [3.63, 3.8) is 0 Å². The van der Waals surface area contributed by atoms with Crippen LogP contribution >= 0.6 is 12.6 Å². The molecule has 1 saturated heterocycles. The number of nitrogens with zero attached hydrogens (tertiary/aromatic N) is 1. The van der Waals surface area contributed by atoms with Crippen molar-refractivity contribution in [1.82, 2.24) is 9.55 Å². The first kappa shape index (κ1) is 11.5. The number of aromatic nitrogens is 2. The number of thiol groups is 1. The minimum atomic E-state index is -0.416. The first-order chi connectivity index (χ1) is 7.61. The van der Waals surface area contributed by atoms with Crippen molar-refractivity contribution in [3.05, 3.63) is 32.6 Å². The standard InChI is InChI=1S/C10H14N2O3S/c1-6-4-12(10(14)11-9(6)13)8-3-2-7(5-16)15-8/h4,7-8,16H,2-3,5H2,1H3,(H,11,13,14)/t7-,8+/m0/s1. The molecule has 5 nitrogen and oxygen atoms in total. The van der Waals surface area contributed by atoms with Crippen molar-refractivity contribution in [2.75, 3.05) is 5.75 Å². The van der Waals surface area contributed by atoms with Crippen LogP contribution in [0.1, 0.15) is 24.6 Å². The quantitative estimate of drug-likeness (QED) is 0.740. The summed E-state index contributed by atoms with van der Waals surface area (Å²) in [4.78, 5) is 25.1. The number of hydrogen-bond acceptors (Lipinski definition) is 4. The summed E-state index contributed by atoms with van der Waals surface area (Å²) >= 11 is 4.16. The predicted octanol–water partition coefficient (Wildman–Crippen LogP) is 0.452. The highest BCUT2D eigenvalue weighted by Crippen LogP contribution is 2.27. The van der Waals surface area contributed by atoms with E-state index < -0.39 is 5.69 Å². The van der Waals surface area contributed by atoms with Crippen LogP contribution in [-0.2, 0) is 4.74 Å². The van der Waals surface area contributed by atoms with E-state index in [0.29, 0.717) is 11.3 Å². The highest BCUT2D eigenvalue weighted by Gasteiger charge is 2.26. The summed E-state index contributed by atoms with van der Waals surface area (Å²) in [6, 6.07) is 0. The summed E-state index contributed by atoms with van der Waals surface area (Å²) < 4.78 is 7.08. The maximum absolute atomic E-state index is 11.6. The van der Waals surface area contributed by atoms with Crippen molar-refractivity contribution in [3.8, 4) is 0 Å². The third-order valence-corrected chi connectivity index (χ3v) is 3.15. The lowest BCUT2D eigenvalue weighted by Crippen LogP contribution is -2.33. The minimum Gasteiger partial charge on any atom is -0.354 e. The second-order valence-electron chi connectivity index (χ2n) is 3.95. The summed E-state index contributed by atoms with van der Waals surface area (Å²) in [5.41, 5.74) is -0.247. The van der Waals surface area contributed by atoms with Crippen molar-refractivity contribution < 1.29 is 4.74 Å². The van der Waals surface area contributed by atoms with E-state index in [1.807, 2.05) is 0 Å². The van der Waals surface area contributed by atoms with Crippen molar-refractivity contribution >= 4 is 12.6 Å². The molecule has 2 heterocycles. The smallest absolute Gasteiger partial charge is 0.330 e. The summed E-state index contributed by atoms with van der Waals surface area (Å²) in [5.74, 6) is 0.646. The lowest BCUT2D eigenvalue weighted by Gasteiger charge is -2.14. The van der Waals surface area contributed by atoms with Crippen molar-refractivity contribution in [2.24, 2.45) is 0 Å². The van der Waals surface area contributed by atoms with Crippen LogP contribution in [0.3, 0.4) is 0 Å². The van der Waals surface area contributed by atoms with Crippen LogP contribution in [0.5, 0.6) is 0 Å². The van der Waals surface area contributed by atoms with Crippen LogP contribution in [0, 0.1) is 6.92 Å². The molecule has 0 radical (unpaired) electrons. The Balaban J connectivity index is 2.32. The number of hydrogen-bond donors (Lipinski definition) is 2. The SMILES string of the molecule is Cc1cn([C@H]2CC[C@@H](CS)O2)c(=O)[nH]c1=O. The summed E-state index contributed by atoms with van der Waals surface area (Å²) in [6.45, 7) is 1.67. The highest BCUT2D eigenvalue weighted by atomic mass is 32.1. The van der Waals surface area contributed by atoms with E-state index in [4.69, 9.17) is 4.74 Å². The van der Waals surface area contributed by atoms with Crippen LogP contribution in [0.4, 0.5) is 0 Å². The van der Waals surface area contributed by atoms with Gasteiger partial charge in [-0.3, -0.25) is 14.3 Å². The van der Waals surface area contributed by atoms with Gasteiger partial charge in [0.2, 0.25) is 0 Å². The van der Waals surface area contributed by atoms with Crippen LogP contribution in [0.2, 0.25) is 0 Å². The number of rotatable bonds is 2. The van der Waals surface area contributed by atoms with E-state index in [1.54, 1.807) is 13.1 Å². The molecule has 0 aromatic carbocycles. The Bertz CT molecular complexity index is 494. The van der Waals surface area contributed by atoms with E-state index in [0.717, 1.165) is 12.8 Å². The Morgan fingerprint density at radius 3 is 2.94 bits per heavy atom. The fraction of sp³-hybridized carbons (Fsp3) is 0.600. The Kier molecular flexibility index (Phi) is 3.20. The molecule has 6 heteroatoms. The predicted molar refractivity (Wildman–Crippen MR) is 63.1 cm³/mol. The molecule has 0 amide bonds. The molecule has 1 N–H and O–H groups in total. The lowest BCUT2D eigenvalue weighted by molar-refractivity contribution is 0.0101. The van der Waals surface area contributed by atoms with Crippen LogP contribution in [-0.4, -0.2) is 21.4 Å². The first-order valence-corrected chi connectivity index (χ1v) is 5.83. The number of aryl methyl sites for hydroxylation is 1. The Morgan fingerprint density at radius 2 is 2.31 bits per heavy atom. The third-order valence-electron chi connectivity index (χ3n) is 2.74. The molecule has 1 aromatic heterocycles. The maximum Gasteiger partial charge on any atom is 0.330 e. The van der Waals surface area contributed by atoms with Crippen molar-refractivity contribution in [1.29, 1.82) is 0 Å². The zero-order valence-electron chi connectivity index (χ0n) is 8.97. The Labute approximate surface area is 97.9 Å². The van der Waals surface area contributed by atoms with Gasteiger partial charge >= 0.3 is 5.69 Å². The van der Waals surface area contributed by atoms with E-state index in [2.05, 4.69) is 17.6 Å². The van der Waals surface area contributed by atoms with Gasteiger partial charge in [-0.2, -0.15) is 12.6 Å². The van der Waals surface area contributed by atoms with Crippen LogP contribution in [0.15, 0.2) is 15.8 Å². The monoisotopic (exact) mass is 242 g/mol. The van der Waals surface area contributed by atoms with Gasteiger partial charge in [0.05, 0.1) is 6.10 Å². The molecule has 2 atom stereocenters. The summed E-state index contributed by atoms with van der Waals surface area (Å²) in [7, 11) is 0. The van der Waals surface area contributed by atoms with E-state index in [1.165, 1.54) is 4.57 Å². The van der Waals surface area contributed by atoms with Gasteiger partial charge in [-0.15, -0.1) is 0 Å². The Morgan fingerprint density at radius 1 is 1.56 bits per heavy atom. The molecule has 2 rings (SSSR count). The van der Waals surface area contributed by atoms with Gasteiger partial charge in [-0.05, 0) is 19.8 Å². The van der Waals surface area contributed by atoms with Gasteiger partial charge < -0.3 is 4.74 Å². The molecule has 1 aromatic rings. The van der Waals surface area contributed by atoms with E-state index in [9.17, 15) is 9.59 Å².